The molecule has 0 bridgehead atoms. The highest BCUT2D eigenvalue weighted by atomic mass is 16.3. The van der Waals surface area contributed by atoms with Crippen LogP contribution in [0.2, 0.25) is 0 Å². The van der Waals surface area contributed by atoms with Crippen molar-refractivity contribution in [1.82, 2.24) is 0 Å². The molecule has 3 N–H and O–H groups in total. The predicted octanol–water partition coefficient (Wildman–Crippen LogP) is 2.41. The Morgan fingerprint density at radius 1 is 1.14 bits per heavy atom. The lowest BCUT2D eigenvalue weighted by Gasteiger charge is -2.33. The normalized spacial score (nSPS) is 16.3. The zero-order valence-electron chi connectivity index (χ0n) is 10.2. The summed E-state index contributed by atoms with van der Waals surface area (Å²) >= 11 is 0. The van der Waals surface area contributed by atoms with Gasteiger partial charge in [-0.15, -0.1) is 0 Å². The van der Waals surface area contributed by atoms with Gasteiger partial charge in [-0.3, -0.25) is 0 Å². The lowest BCUT2D eigenvalue weighted by atomic mass is 9.76. The van der Waals surface area contributed by atoms with Crippen LogP contribution in [-0.2, 0) is 0 Å². The lowest BCUT2D eigenvalue weighted by Crippen LogP contribution is -2.36. The van der Waals surface area contributed by atoms with Gasteiger partial charge in [-0.05, 0) is 24.7 Å². The Morgan fingerprint density at radius 3 is 2.00 bits per heavy atom. The smallest absolute Gasteiger partial charge is 0.0499 e. The molecule has 0 heterocycles. The highest BCUT2D eigenvalue weighted by Crippen LogP contribution is 2.31. The number of hydrogen-bond donors (Lipinski definition) is 2. The molecule has 0 aromatic heterocycles. The molecule has 0 aliphatic carbocycles. The summed E-state index contributed by atoms with van der Waals surface area (Å²) in [5, 5.41) is 9.46. The summed E-state index contributed by atoms with van der Waals surface area (Å²) < 4.78 is 0. The summed E-state index contributed by atoms with van der Waals surface area (Å²) in [6.45, 7) is 9.65. The molecule has 0 saturated heterocycles. The van der Waals surface area contributed by atoms with Gasteiger partial charge in [0.05, 0.1) is 0 Å². The third kappa shape index (κ3) is 4.97. The summed E-state index contributed by atoms with van der Waals surface area (Å²) in [5.74, 6) is 1.30. The van der Waals surface area contributed by atoms with E-state index in [-0.39, 0.29) is 12.0 Å². The van der Waals surface area contributed by atoms with Gasteiger partial charge >= 0.3 is 0 Å². The molecule has 86 valence electrons. The molecule has 0 amide bonds. The molecule has 0 aromatic rings. The number of hydrogen-bond acceptors (Lipinski definition) is 2. The Hall–Kier alpha value is -0.0800. The average Bonchev–Trinajstić information content (AvgIpc) is 2.11. The predicted molar refractivity (Wildman–Crippen MR) is 62.1 cm³/mol. The van der Waals surface area contributed by atoms with E-state index in [1.165, 1.54) is 0 Å². The fourth-order valence-electron chi connectivity index (χ4n) is 1.96. The van der Waals surface area contributed by atoms with Crippen LogP contribution in [0.4, 0.5) is 0 Å². The van der Waals surface area contributed by atoms with E-state index in [1.54, 1.807) is 0 Å². The van der Waals surface area contributed by atoms with Crippen LogP contribution >= 0.6 is 0 Å². The molecule has 1 atom stereocenters. The molecular weight excluding hydrogens is 174 g/mol. The van der Waals surface area contributed by atoms with E-state index < -0.39 is 0 Å². The van der Waals surface area contributed by atoms with Gasteiger partial charge in [0.25, 0.3) is 0 Å². The van der Waals surface area contributed by atoms with Crippen LogP contribution in [-0.4, -0.2) is 18.3 Å². The van der Waals surface area contributed by atoms with E-state index in [4.69, 9.17) is 5.73 Å². The molecule has 14 heavy (non-hydrogen) atoms. The summed E-state index contributed by atoms with van der Waals surface area (Å²) in [7, 11) is 0. The van der Waals surface area contributed by atoms with Crippen LogP contribution in [0.3, 0.4) is 0 Å². The molecule has 2 nitrogen and oxygen atoms in total. The minimum Gasteiger partial charge on any atom is -0.396 e. The van der Waals surface area contributed by atoms with E-state index >= 15 is 0 Å². The van der Waals surface area contributed by atoms with Gasteiger partial charge in [0.2, 0.25) is 0 Å². The van der Waals surface area contributed by atoms with Gasteiger partial charge in [-0.2, -0.15) is 0 Å². The standard InChI is InChI=1S/C12H27NO/c1-10(2)5-6-12(8-13,9-14)7-11(3)4/h10-11,14H,5-9,13H2,1-4H3. The van der Waals surface area contributed by atoms with Crippen molar-refractivity contribution in [1.29, 1.82) is 0 Å². The Balaban J connectivity index is 4.21. The summed E-state index contributed by atoms with van der Waals surface area (Å²) in [6, 6.07) is 0. The second-order valence-electron chi connectivity index (χ2n) is 5.39. The van der Waals surface area contributed by atoms with Gasteiger partial charge in [-0.25, -0.2) is 0 Å². The summed E-state index contributed by atoms with van der Waals surface area (Å²) in [4.78, 5) is 0. The third-order valence-corrected chi connectivity index (χ3v) is 2.86. The first-order chi connectivity index (χ1) is 6.45. The molecule has 0 fully saturated rings. The average molecular weight is 201 g/mol. The number of nitrogens with two attached hydrogens (primary N) is 1. The largest absolute Gasteiger partial charge is 0.396 e. The van der Waals surface area contributed by atoms with Crippen molar-refractivity contribution >= 4 is 0 Å². The summed E-state index contributed by atoms with van der Waals surface area (Å²) in [6.07, 6.45) is 3.24. The van der Waals surface area contributed by atoms with Gasteiger partial charge in [0, 0.05) is 18.6 Å². The first-order valence-corrected chi connectivity index (χ1v) is 5.76. The van der Waals surface area contributed by atoms with E-state index in [0.717, 1.165) is 19.3 Å². The zero-order chi connectivity index (χ0) is 11.2. The molecule has 0 spiro atoms. The minimum absolute atomic E-state index is 0.0293. The van der Waals surface area contributed by atoms with E-state index in [9.17, 15) is 5.11 Å². The maximum Gasteiger partial charge on any atom is 0.0499 e. The van der Waals surface area contributed by atoms with Gasteiger partial charge in [0.15, 0.2) is 0 Å². The molecule has 0 aromatic carbocycles. The quantitative estimate of drug-likeness (QED) is 0.664. The second-order valence-corrected chi connectivity index (χ2v) is 5.39. The van der Waals surface area contributed by atoms with Crippen LogP contribution < -0.4 is 5.73 Å². The monoisotopic (exact) mass is 201 g/mol. The number of aliphatic hydroxyl groups is 1. The van der Waals surface area contributed by atoms with Gasteiger partial charge in [0.1, 0.15) is 0 Å². The number of rotatable bonds is 7. The van der Waals surface area contributed by atoms with Crippen molar-refractivity contribution < 1.29 is 5.11 Å². The van der Waals surface area contributed by atoms with E-state index in [1.807, 2.05) is 0 Å². The van der Waals surface area contributed by atoms with Crippen molar-refractivity contribution in [2.75, 3.05) is 13.2 Å². The molecule has 2 heteroatoms. The highest BCUT2D eigenvalue weighted by molar-refractivity contribution is 4.81. The molecule has 0 radical (unpaired) electrons. The molecular formula is C12H27NO. The first kappa shape index (κ1) is 13.9. The molecule has 0 rings (SSSR count). The van der Waals surface area contributed by atoms with Crippen LogP contribution in [0, 0.1) is 17.3 Å². The zero-order valence-corrected chi connectivity index (χ0v) is 10.2. The van der Waals surface area contributed by atoms with Crippen molar-refractivity contribution in [3.63, 3.8) is 0 Å². The Bertz CT molecular complexity index is 139. The van der Waals surface area contributed by atoms with E-state index in [0.29, 0.717) is 18.4 Å². The van der Waals surface area contributed by atoms with Crippen LogP contribution in [0.25, 0.3) is 0 Å². The van der Waals surface area contributed by atoms with Crippen LogP contribution in [0.1, 0.15) is 47.0 Å². The molecule has 1 unspecified atom stereocenters. The van der Waals surface area contributed by atoms with Crippen molar-refractivity contribution in [3.05, 3.63) is 0 Å². The lowest BCUT2D eigenvalue weighted by molar-refractivity contribution is 0.0926. The topological polar surface area (TPSA) is 46.2 Å². The Kier molecular flexibility index (Phi) is 6.38. The maximum absolute atomic E-state index is 9.46. The van der Waals surface area contributed by atoms with Crippen LogP contribution in [0.15, 0.2) is 0 Å². The Morgan fingerprint density at radius 2 is 1.71 bits per heavy atom. The number of aliphatic hydroxyl groups excluding tert-OH is 1. The molecule has 0 aliphatic heterocycles. The SMILES string of the molecule is CC(C)CCC(CN)(CO)CC(C)C. The fraction of sp³-hybridized carbons (Fsp3) is 1.00. The van der Waals surface area contributed by atoms with Crippen molar-refractivity contribution in [2.24, 2.45) is 23.0 Å². The van der Waals surface area contributed by atoms with E-state index in [2.05, 4.69) is 27.7 Å². The molecule has 0 saturated carbocycles. The fourth-order valence-corrected chi connectivity index (χ4v) is 1.96. The maximum atomic E-state index is 9.46. The Labute approximate surface area is 88.9 Å². The van der Waals surface area contributed by atoms with Crippen molar-refractivity contribution in [3.8, 4) is 0 Å². The first-order valence-electron chi connectivity index (χ1n) is 5.76. The highest BCUT2D eigenvalue weighted by Gasteiger charge is 2.28. The van der Waals surface area contributed by atoms with Gasteiger partial charge in [-0.1, -0.05) is 34.1 Å². The van der Waals surface area contributed by atoms with Crippen molar-refractivity contribution in [2.45, 2.75) is 47.0 Å². The minimum atomic E-state index is -0.0293. The second kappa shape index (κ2) is 6.41. The third-order valence-electron chi connectivity index (χ3n) is 2.86. The van der Waals surface area contributed by atoms with Gasteiger partial charge < -0.3 is 10.8 Å². The van der Waals surface area contributed by atoms with Crippen LogP contribution in [0.5, 0.6) is 0 Å². The molecule has 0 aliphatic rings. The summed E-state index contributed by atoms with van der Waals surface area (Å²) in [5.41, 5.74) is 5.76.